The van der Waals surface area contributed by atoms with Gasteiger partial charge < -0.3 is 15.2 Å². The predicted octanol–water partition coefficient (Wildman–Crippen LogP) is 0.782. The molecule has 0 aromatic heterocycles. The van der Waals surface area contributed by atoms with Gasteiger partial charge in [-0.3, -0.25) is 9.59 Å². The molecule has 0 heterocycles. The summed E-state index contributed by atoms with van der Waals surface area (Å²) in [7, 11) is 0. The van der Waals surface area contributed by atoms with Crippen LogP contribution in [0.1, 0.15) is 33.1 Å². The van der Waals surface area contributed by atoms with E-state index >= 15 is 0 Å². The maximum atomic E-state index is 11.2. The highest BCUT2D eigenvalue weighted by atomic mass is 16.5. The fourth-order valence-electron chi connectivity index (χ4n) is 1.09. The highest BCUT2D eigenvalue weighted by Gasteiger charge is 2.13. The average Bonchev–Trinajstić information content (AvgIpc) is 2.16. The molecule has 0 spiro atoms. The van der Waals surface area contributed by atoms with Crippen LogP contribution in [0.5, 0.6) is 0 Å². The van der Waals surface area contributed by atoms with E-state index in [-0.39, 0.29) is 25.0 Å². The van der Waals surface area contributed by atoms with Crippen LogP contribution in [-0.2, 0) is 14.3 Å². The number of hydrogen-bond donors (Lipinski definition) is 2. The van der Waals surface area contributed by atoms with Crippen LogP contribution in [0.3, 0.4) is 0 Å². The van der Waals surface area contributed by atoms with Crippen LogP contribution < -0.4 is 5.32 Å². The van der Waals surface area contributed by atoms with Crippen molar-refractivity contribution in [1.82, 2.24) is 5.32 Å². The number of carboxylic acids is 1. The maximum Gasteiger partial charge on any atom is 0.305 e. The molecule has 1 amide bonds. The summed E-state index contributed by atoms with van der Waals surface area (Å²) in [6.45, 7) is 4.34. The van der Waals surface area contributed by atoms with Crippen LogP contribution in [-0.4, -0.2) is 36.2 Å². The monoisotopic (exact) mass is 217 g/mol. The molecule has 1 atom stereocenters. The molecule has 15 heavy (non-hydrogen) atoms. The van der Waals surface area contributed by atoms with Gasteiger partial charge in [-0.15, -0.1) is 0 Å². The van der Waals surface area contributed by atoms with Crippen molar-refractivity contribution >= 4 is 11.9 Å². The van der Waals surface area contributed by atoms with Gasteiger partial charge in [0.05, 0.1) is 6.42 Å². The molecule has 0 aromatic carbocycles. The summed E-state index contributed by atoms with van der Waals surface area (Å²) in [5.41, 5.74) is 0. The molecular formula is C10H19NO4. The lowest BCUT2D eigenvalue weighted by molar-refractivity contribution is -0.137. The lowest BCUT2D eigenvalue weighted by Gasteiger charge is -2.14. The Kier molecular flexibility index (Phi) is 7.62. The Bertz CT molecular complexity index is 206. The van der Waals surface area contributed by atoms with Crippen LogP contribution in [0.4, 0.5) is 0 Å². The van der Waals surface area contributed by atoms with Crippen LogP contribution in [0.15, 0.2) is 0 Å². The minimum atomic E-state index is -0.906. The fourth-order valence-corrected chi connectivity index (χ4v) is 1.09. The normalized spacial score (nSPS) is 12.1. The molecule has 1 unspecified atom stereocenters. The number of rotatable bonds is 8. The molecule has 0 aliphatic heterocycles. The molecule has 0 aliphatic rings. The molecule has 2 N–H and O–H groups in total. The van der Waals surface area contributed by atoms with E-state index < -0.39 is 5.97 Å². The summed E-state index contributed by atoms with van der Waals surface area (Å²) >= 11 is 0. The number of carbonyl (C=O) groups is 2. The number of hydrogen-bond acceptors (Lipinski definition) is 3. The van der Waals surface area contributed by atoms with Gasteiger partial charge in [0.2, 0.25) is 5.91 Å². The van der Waals surface area contributed by atoms with Crippen molar-refractivity contribution in [3.05, 3.63) is 0 Å². The Morgan fingerprint density at radius 2 is 2.07 bits per heavy atom. The van der Waals surface area contributed by atoms with Crippen LogP contribution in [0, 0.1) is 0 Å². The average molecular weight is 217 g/mol. The summed E-state index contributed by atoms with van der Waals surface area (Å²) in [4.78, 5) is 21.7. The van der Waals surface area contributed by atoms with Crippen LogP contribution in [0.25, 0.3) is 0 Å². The number of carboxylic acid groups (broad SMARTS) is 1. The van der Waals surface area contributed by atoms with Gasteiger partial charge in [-0.25, -0.2) is 0 Å². The zero-order valence-electron chi connectivity index (χ0n) is 9.28. The van der Waals surface area contributed by atoms with E-state index in [1.54, 1.807) is 0 Å². The summed E-state index contributed by atoms with van der Waals surface area (Å²) in [6, 6.07) is -0.305. The van der Waals surface area contributed by atoms with E-state index in [9.17, 15) is 9.59 Å². The van der Waals surface area contributed by atoms with E-state index in [2.05, 4.69) is 5.32 Å². The lowest BCUT2D eigenvalue weighted by atomic mass is 10.1. The number of carbonyl (C=O) groups excluding carboxylic acids is 1. The Hall–Kier alpha value is -1.10. The highest BCUT2D eigenvalue weighted by molar-refractivity contribution is 5.78. The standard InChI is InChI=1S/C10H19NO4/c1-3-5-15-7-9(12)11-8(4-2)6-10(13)14/h8H,3-7H2,1-2H3,(H,11,12)(H,13,14). The molecule has 0 radical (unpaired) electrons. The van der Waals surface area contributed by atoms with Crippen molar-refractivity contribution in [3.63, 3.8) is 0 Å². The van der Waals surface area contributed by atoms with E-state index in [1.165, 1.54) is 0 Å². The van der Waals surface area contributed by atoms with Crippen molar-refractivity contribution in [2.45, 2.75) is 39.2 Å². The Morgan fingerprint density at radius 3 is 2.53 bits per heavy atom. The van der Waals surface area contributed by atoms with Crippen molar-refractivity contribution in [2.75, 3.05) is 13.2 Å². The summed E-state index contributed by atoms with van der Waals surface area (Å²) < 4.78 is 5.04. The predicted molar refractivity (Wildman–Crippen MR) is 55.6 cm³/mol. The number of ether oxygens (including phenoxy) is 1. The molecule has 0 aromatic rings. The molecule has 5 heteroatoms. The molecular weight excluding hydrogens is 198 g/mol. The third-order valence-corrected chi connectivity index (χ3v) is 1.86. The minimum absolute atomic E-state index is 0.00393. The molecule has 0 saturated heterocycles. The molecule has 0 saturated carbocycles. The zero-order chi connectivity index (χ0) is 11.7. The van der Waals surface area contributed by atoms with E-state index in [4.69, 9.17) is 9.84 Å². The second kappa shape index (κ2) is 8.23. The minimum Gasteiger partial charge on any atom is -0.481 e. The van der Waals surface area contributed by atoms with Gasteiger partial charge in [-0.05, 0) is 12.8 Å². The maximum absolute atomic E-state index is 11.2. The molecule has 0 aliphatic carbocycles. The smallest absolute Gasteiger partial charge is 0.305 e. The van der Waals surface area contributed by atoms with E-state index in [0.29, 0.717) is 13.0 Å². The third-order valence-electron chi connectivity index (χ3n) is 1.86. The largest absolute Gasteiger partial charge is 0.481 e. The number of aliphatic carboxylic acids is 1. The highest BCUT2D eigenvalue weighted by Crippen LogP contribution is 1.97. The van der Waals surface area contributed by atoms with Gasteiger partial charge in [0, 0.05) is 12.6 Å². The topological polar surface area (TPSA) is 75.6 Å². The Labute approximate surface area is 89.8 Å². The zero-order valence-corrected chi connectivity index (χ0v) is 9.28. The quantitative estimate of drug-likeness (QED) is 0.589. The van der Waals surface area contributed by atoms with Gasteiger partial charge in [0.25, 0.3) is 0 Å². The van der Waals surface area contributed by atoms with E-state index in [0.717, 1.165) is 6.42 Å². The van der Waals surface area contributed by atoms with Crippen molar-refractivity contribution in [2.24, 2.45) is 0 Å². The summed E-state index contributed by atoms with van der Waals surface area (Å²) in [6.07, 6.45) is 1.42. The second-order valence-corrected chi connectivity index (χ2v) is 3.32. The summed E-state index contributed by atoms with van der Waals surface area (Å²) in [5.74, 6) is -1.16. The first-order chi connectivity index (χ1) is 7.10. The van der Waals surface area contributed by atoms with Crippen molar-refractivity contribution in [3.8, 4) is 0 Å². The number of amides is 1. The van der Waals surface area contributed by atoms with Gasteiger partial charge in [0.15, 0.2) is 0 Å². The van der Waals surface area contributed by atoms with Crippen molar-refractivity contribution in [1.29, 1.82) is 0 Å². The molecule has 5 nitrogen and oxygen atoms in total. The molecule has 0 rings (SSSR count). The van der Waals surface area contributed by atoms with Gasteiger partial charge in [-0.2, -0.15) is 0 Å². The summed E-state index contributed by atoms with van der Waals surface area (Å²) in [5, 5.41) is 11.2. The second-order valence-electron chi connectivity index (χ2n) is 3.32. The molecule has 0 bridgehead atoms. The third kappa shape index (κ3) is 7.93. The van der Waals surface area contributed by atoms with Gasteiger partial charge in [-0.1, -0.05) is 13.8 Å². The fraction of sp³-hybridized carbons (Fsp3) is 0.800. The van der Waals surface area contributed by atoms with Gasteiger partial charge >= 0.3 is 5.97 Å². The SMILES string of the molecule is CCCOCC(=O)NC(CC)CC(=O)O. The first-order valence-corrected chi connectivity index (χ1v) is 5.19. The number of nitrogens with one attached hydrogen (secondary N) is 1. The first-order valence-electron chi connectivity index (χ1n) is 5.19. The van der Waals surface area contributed by atoms with Gasteiger partial charge in [0.1, 0.15) is 6.61 Å². The van der Waals surface area contributed by atoms with E-state index in [1.807, 2.05) is 13.8 Å². The van der Waals surface area contributed by atoms with Crippen molar-refractivity contribution < 1.29 is 19.4 Å². The molecule has 0 fully saturated rings. The Balaban J connectivity index is 3.75. The molecule has 88 valence electrons. The first kappa shape index (κ1) is 13.9. The van der Waals surface area contributed by atoms with Crippen LogP contribution in [0.2, 0.25) is 0 Å². The lowest BCUT2D eigenvalue weighted by Crippen LogP contribution is -2.38. The Morgan fingerprint density at radius 1 is 1.40 bits per heavy atom. The van der Waals surface area contributed by atoms with Crippen LogP contribution >= 0.6 is 0 Å².